The van der Waals surface area contributed by atoms with E-state index in [1.165, 1.54) is 64.2 Å². The van der Waals surface area contributed by atoms with Gasteiger partial charge in [0.15, 0.2) is 0 Å². The monoisotopic (exact) mass is 680 g/mol. The summed E-state index contributed by atoms with van der Waals surface area (Å²) in [6.45, 7) is 10.8. The third-order valence-electron chi connectivity index (χ3n) is 7.82. The molecule has 48 heavy (non-hydrogen) atoms. The summed E-state index contributed by atoms with van der Waals surface area (Å²) in [6, 6.07) is -1.04. The van der Waals surface area contributed by atoms with Crippen LogP contribution in [0.5, 0.6) is 0 Å². The Morgan fingerprint density at radius 2 is 0.979 bits per heavy atom. The summed E-state index contributed by atoms with van der Waals surface area (Å²) in [5.74, 6) is -3.03. The summed E-state index contributed by atoms with van der Waals surface area (Å²) in [4.78, 5) is 77.5. The van der Waals surface area contributed by atoms with Crippen molar-refractivity contribution in [1.82, 2.24) is 10.4 Å². The van der Waals surface area contributed by atoms with Gasteiger partial charge in [-0.25, -0.2) is 9.59 Å². The van der Waals surface area contributed by atoms with E-state index in [2.05, 4.69) is 5.32 Å². The smallest absolute Gasteiger partial charge is 0.333 e. The SMILES string of the molecule is CC(C)(C)OC(=O)CCCCCCCCCCCCCCCCCCC(=O)NC(CCC(=O)ON1C(=O)CCC1=O)C(=O)OC(C)(C)C. The van der Waals surface area contributed by atoms with Crippen molar-refractivity contribution in [2.24, 2.45) is 0 Å². The molecule has 1 aliphatic rings. The maximum Gasteiger partial charge on any atom is 0.333 e. The van der Waals surface area contributed by atoms with Gasteiger partial charge in [0.05, 0.1) is 6.42 Å². The highest BCUT2D eigenvalue weighted by atomic mass is 16.7. The maximum absolute atomic E-state index is 12.7. The van der Waals surface area contributed by atoms with Crippen molar-refractivity contribution in [1.29, 1.82) is 0 Å². The number of imide groups is 1. The summed E-state index contributed by atoms with van der Waals surface area (Å²) < 4.78 is 10.8. The van der Waals surface area contributed by atoms with Gasteiger partial charge in [-0.3, -0.25) is 19.2 Å². The van der Waals surface area contributed by atoms with Crippen LogP contribution in [0.4, 0.5) is 0 Å². The van der Waals surface area contributed by atoms with Crippen LogP contribution in [-0.2, 0) is 43.1 Å². The Labute approximate surface area is 288 Å². The van der Waals surface area contributed by atoms with Gasteiger partial charge >= 0.3 is 17.9 Å². The number of rotatable bonds is 25. The molecule has 0 aromatic heterocycles. The van der Waals surface area contributed by atoms with E-state index in [0.717, 1.165) is 32.1 Å². The number of nitrogens with zero attached hydrogens (tertiary/aromatic N) is 1. The normalized spacial score (nSPS) is 14.2. The number of hydrogen-bond acceptors (Lipinski definition) is 9. The number of hydroxylamine groups is 2. The summed E-state index contributed by atoms with van der Waals surface area (Å²) in [7, 11) is 0. The van der Waals surface area contributed by atoms with Crippen molar-refractivity contribution in [2.45, 2.75) is 200 Å². The number of carbonyl (C=O) groups excluding carboxylic acids is 6. The molecule has 1 atom stereocenters. The number of hydrogen-bond donors (Lipinski definition) is 1. The van der Waals surface area contributed by atoms with Gasteiger partial charge in [-0.15, -0.1) is 5.06 Å². The van der Waals surface area contributed by atoms with Gasteiger partial charge in [0, 0.05) is 25.7 Å². The molecule has 0 radical (unpaired) electrons. The van der Waals surface area contributed by atoms with Crippen LogP contribution in [0, 0.1) is 0 Å². The Bertz CT molecular complexity index is 997. The fourth-order valence-corrected chi connectivity index (χ4v) is 5.38. The average molecular weight is 681 g/mol. The van der Waals surface area contributed by atoms with Crippen molar-refractivity contribution in [2.75, 3.05) is 0 Å². The molecule has 1 fully saturated rings. The zero-order chi connectivity index (χ0) is 36.0. The molecule has 0 spiro atoms. The molecule has 1 unspecified atom stereocenters. The number of unbranched alkanes of at least 4 members (excludes halogenated alkanes) is 15. The second-order valence-electron chi connectivity index (χ2n) is 15.0. The van der Waals surface area contributed by atoms with E-state index in [1.54, 1.807) is 20.8 Å². The van der Waals surface area contributed by atoms with E-state index in [9.17, 15) is 28.8 Å². The van der Waals surface area contributed by atoms with E-state index >= 15 is 0 Å². The molecule has 276 valence electrons. The van der Waals surface area contributed by atoms with Crippen LogP contribution < -0.4 is 5.32 Å². The molecule has 1 saturated heterocycles. The zero-order valence-electron chi connectivity index (χ0n) is 30.8. The van der Waals surface area contributed by atoms with Crippen LogP contribution >= 0.6 is 0 Å². The molecule has 0 bridgehead atoms. The quantitative estimate of drug-likeness (QED) is 0.0586. The van der Waals surface area contributed by atoms with E-state index in [4.69, 9.17) is 14.3 Å². The predicted molar refractivity (Wildman–Crippen MR) is 183 cm³/mol. The van der Waals surface area contributed by atoms with Crippen LogP contribution in [0.2, 0.25) is 0 Å². The van der Waals surface area contributed by atoms with Gasteiger partial charge in [-0.2, -0.15) is 0 Å². The lowest BCUT2D eigenvalue weighted by Crippen LogP contribution is -2.44. The number of ether oxygens (including phenoxy) is 2. The van der Waals surface area contributed by atoms with Gasteiger partial charge in [0.2, 0.25) is 5.91 Å². The van der Waals surface area contributed by atoms with Gasteiger partial charge in [0.1, 0.15) is 17.2 Å². The molecule has 1 N–H and O–H groups in total. The van der Waals surface area contributed by atoms with Crippen molar-refractivity contribution in [3.8, 4) is 0 Å². The molecule has 0 aromatic rings. The predicted octanol–water partition coefficient (Wildman–Crippen LogP) is 7.56. The molecule has 11 nitrogen and oxygen atoms in total. The molecular formula is C37H64N2O9. The average Bonchev–Trinajstić information content (AvgIpc) is 3.28. The Kier molecular flexibility index (Phi) is 21.0. The van der Waals surface area contributed by atoms with E-state index in [-0.39, 0.29) is 44.0 Å². The van der Waals surface area contributed by atoms with Crippen molar-refractivity contribution in [3.63, 3.8) is 0 Å². The summed E-state index contributed by atoms with van der Waals surface area (Å²) in [6.07, 6.45) is 18.8. The molecular weight excluding hydrogens is 616 g/mol. The molecule has 1 rings (SSSR count). The third kappa shape index (κ3) is 22.6. The van der Waals surface area contributed by atoms with Crippen molar-refractivity contribution in [3.05, 3.63) is 0 Å². The minimum Gasteiger partial charge on any atom is -0.460 e. The first-order chi connectivity index (χ1) is 22.6. The van der Waals surface area contributed by atoms with Gasteiger partial charge in [-0.05, 0) is 60.8 Å². The first-order valence-electron chi connectivity index (χ1n) is 18.4. The lowest BCUT2D eigenvalue weighted by atomic mass is 10.0. The van der Waals surface area contributed by atoms with E-state index in [1.807, 2.05) is 20.8 Å². The Morgan fingerprint density at radius 3 is 1.40 bits per heavy atom. The zero-order valence-corrected chi connectivity index (χ0v) is 30.8. The fraction of sp³-hybridized carbons (Fsp3) is 0.838. The molecule has 0 aliphatic carbocycles. The van der Waals surface area contributed by atoms with Crippen LogP contribution in [-0.4, -0.2) is 57.9 Å². The number of nitrogens with one attached hydrogen (secondary N) is 1. The second kappa shape index (κ2) is 23.4. The molecule has 0 saturated carbocycles. The Hall–Kier alpha value is -2.98. The van der Waals surface area contributed by atoms with Crippen LogP contribution in [0.15, 0.2) is 0 Å². The Balaban J connectivity index is 2.09. The summed E-state index contributed by atoms with van der Waals surface area (Å²) in [5.41, 5.74) is -1.17. The van der Waals surface area contributed by atoms with Gasteiger partial charge in [0.25, 0.3) is 11.8 Å². The van der Waals surface area contributed by atoms with Crippen LogP contribution in [0.25, 0.3) is 0 Å². The standard InChI is InChI=1S/C37H64N2O9/c1-36(2,3)46-33(43)24-22-20-18-16-14-12-10-8-7-9-11-13-15-17-19-21-23-30(40)38-29(35(45)47-37(4,5)6)25-28-34(44)48-39-31(41)26-27-32(39)42/h29H,7-28H2,1-6H3,(H,38,40). The highest BCUT2D eigenvalue weighted by Gasteiger charge is 2.34. The summed E-state index contributed by atoms with van der Waals surface area (Å²) >= 11 is 0. The minimum atomic E-state index is -1.04. The van der Waals surface area contributed by atoms with Gasteiger partial charge < -0.3 is 19.6 Å². The third-order valence-corrected chi connectivity index (χ3v) is 7.82. The molecule has 0 aromatic carbocycles. The molecule has 3 amide bonds. The lowest BCUT2D eigenvalue weighted by molar-refractivity contribution is -0.197. The second-order valence-corrected chi connectivity index (χ2v) is 15.0. The number of esters is 2. The summed E-state index contributed by atoms with van der Waals surface area (Å²) in [5, 5.41) is 3.15. The lowest BCUT2D eigenvalue weighted by Gasteiger charge is -2.24. The van der Waals surface area contributed by atoms with Crippen LogP contribution in [0.3, 0.4) is 0 Å². The van der Waals surface area contributed by atoms with E-state index in [0.29, 0.717) is 17.9 Å². The first-order valence-corrected chi connectivity index (χ1v) is 18.4. The topological polar surface area (TPSA) is 145 Å². The Morgan fingerprint density at radius 1 is 0.583 bits per heavy atom. The first kappa shape index (κ1) is 43.0. The largest absolute Gasteiger partial charge is 0.460 e. The highest BCUT2D eigenvalue weighted by molar-refractivity contribution is 6.01. The molecule has 1 aliphatic heterocycles. The molecule has 1 heterocycles. The van der Waals surface area contributed by atoms with E-state index < -0.39 is 41.0 Å². The van der Waals surface area contributed by atoms with Crippen LogP contribution in [0.1, 0.15) is 183 Å². The minimum absolute atomic E-state index is 0.00705. The van der Waals surface area contributed by atoms with Gasteiger partial charge in [-0.1, -0.05) is 89.9 Å². The highest BCUT2D eigenvalue weighted by Crippen LogP contribution is 2.17. The number of carbonyl (C=O) groups is 6. The van der Waals surface area contributed by atoms with Crippen molar-refractivity contribution >= 4 is 35.6 Å². The fourth-order valence-electron chi connectivity index (χ4n) is 5.38. The van der Waals surface area contributed by atoms with Crippen molar-refractivity contribution < 1.29 is 43.1 Å². The maximum atomic E-state index is 12.7. The molecule has 11 heteroatoms. The number of amides is 3.